The third-order valence-electron chi connectivity index (χ3n) is 2.92. The molecule has 0 N–H and O–H groups in total. The lowest BCUT2D eigenvalue weighted by molar-refractivity contribution is -0.129. The molecule has 0 radical (unpaired) electrons. The Kier molecular flexibility index (Phi) is 3.54. The highest BCUT2D eigenvalue weighted by Crippen LogP contribution is 2.23. The largest absolute Gasteiger partial charge is 0.402 e. The van der Waals surface area contributed by atoms with Crippen molar-refractivity contribution in [2.45, 2.75) is 0 Å². The van der Waals surface area contributed by atoms with Gasteiger partial charge >= 0.3 is 5.97 Å². The molecule has 0 saturated carbocycles. The van der Waals surface area contributed by atoms with Crippen LogP contribution in [0.2, 0.25) is 5.02 Å². The van der Waals surface area contributed by atoms with E-state index in [4.69, 9.17) is 16.3 Å². The number of esters is 1. The number of ether oxygens (including phenoxy) is 1. The van der Waals surface area contributed by atoms with Crippen molar-refractivity contribution in [2.75, 3.05) is 0 Å². The summed E-state index contributed by atoms with van der Waals surface area (Å²) >= 11 is 6.02. The lowest BCUT2D eigenvalue weighted by Crippen LogP contribution is -2.07. The summed E-state index contributed by atoms with van der Waals surface area (Å²) in [5.41, 5.74) is 0.874. The molecule has 0 bridgehead atoms. The van der Waals surface area contributed by atoms with Crippen LogP contribution in [0.1, 0.15) is 11.1 Å². The van der Waals surface area contributed by atoms with Gasteiger partial charge in [0.25, 0.3) is 0 Å². The van der Waals surface area contributed by atoms with Crippen molar-refractivity contribution in [3.05, 3.63) is 76.2 Å². The molecule has 0 amide bonds. The number of carbonyl (C=O) groups is 1. The van der Waals surface area contributed by atoms with E-state index in [0.29, 0.717) is 10.6 Å². The lowest BCUT2D eigenvalue weighted by Gasteiger charge is -1.99. The fraction of sp³-hybridized carbons (Fsp3) is 0. The second-order valence-corrected chi connectivity index (χ2v) is 4.74. The van der Waals surface area contributed by atoms with Gasteiger partial charge in [0.05, 0.1) is 5.56 Å². The lowest BCUT2D eigenvalue weighted by atomic mass is 10.2. The predicted molar refractivity (Wildman–Crippen MR) is 78.5 cm³/mol. The molecular weight excluding hydrogens is 293 g/mol. The molecule has 1 aliphatic heterocycles. The normalized spacial score (nSPS) is 16.0. The first-order chi connectivity index (χ1) is 10.1. The fourth-order valence-electron chi connectivity index (χ4n) is 1.90. The molecule has 0 aromatic heterocycles. The average molecular weight is 302 g/mol. The minimum atomic E-state index is -0.631. The molecule has 3 nitrogen and oxygen atoms in total. The Morgan fingerprint density at radius 2 is 1.81 bits per heavy atom. The van der Waals surface area contributed by atoms with Crippen molar-refractivity contribution in [3.63, 3.8) is 0 Å². The van der Waals surface area contributed by atoms with E-state index in [0.717, 1.165) is 0 Å². The van der Waals surface area contributed by atoms with Gasteiger partial charge in [-0.05, 0) is 29.8 Å². The zero-order valence-electron chi connectivity index (χ0n) is 10.7. The van der Waals surface area contributed by atoms with Crippen LogP contribution < -0.4 is 0 Å². The van der Waals surface area contributed by atoms with Gasteiger partial charge in [-0.15, -0.1) is 0 Å². The Bertz CT molecular complexity index is 783. The van der Waals surface area contributed by atoms with E-state index in [1.807, 2.05) is 0 Å². The summed E-state index contributed by atoms with van der Waals surface area (Å²) in [6.07, 6.45) is 1.51. The molecule has 0 aliphatic carbocycles. The molecule has 1 aliphatic rings. The summed E-state index contributed by atoms with van der Waals surface area (Å²) in [5.74, 6) is -1.17. The van der Waals surface area contributed by atoms with Gasteiger partial charge < -0.3 is 4.74 Å². The van der Waals surface area contributed by atoms with E-state index in [2.05, 4.69) is 4.99 Å². The summed E-state index contributed by atoms with van der Waals surface area (Å²) in [6, 6.07) is 13.0. The summed E-state index contributed by atoms with van der Waals surface area (Å²) in [7, 11) is 0. The molecule has 3 rings (SSSR count). The van der Waals surface area contributed by atoms with E-state index in [1.165, 1.54) is 18.2 Å². The summed E-state index contributed by atoms with van der Waals surface area (Å²) in [6.45, 7) is 0. The molecule has 0 spiro atoms. The van der Waals surface area contributed by atoms with Crippen LogP contribution in [0, 0.1) is 5.82 Å². The van der Waals surface area contributed by atoms with Crippen molar-refractivity contribution in [1.82, 2.24) is 0 Å². The quantitative estimate of drug-likeness (QED) is 0.625. The van der Waals surface area contributed by atoms with Crippen LogP contribution in [0.3, 0.4) is 0 Å². The van der Waals surface area contributed by atoms with Crippen molar-refractivity contribution < 1.29 is 13.9 Å². The average Bonchev–Trinajstić information content (AvgIpc) is 2.83. The number of halogens is 2. The molecular formula is C16H9ClFNO2. The van der Waals surface area contributed by atoms with Gasteiger partial charge in [0.15, 0.2) is 5.70 Å². The number of cyclic esters (lactones) is 1. The Morgan fingerprint density at radius 1 is 1.10 bits per heavy atom. The number of carbonyl (C=O) groups excluding carboxylic acids is 1. The van der Waals surface area contributed by atoms with Crippen LogP contribution in [0.4, 0.5) is 4.39 Å². The maximum absolute atomic E-state index is 13.7. The summed E-state index contributed by atoms with van der Waals surface area (Å²) < 4.78 is 18.7. The van der Waals surface area contributed by atoms with Gasteiger partial charge in [0.1, 0.15) is 5.82 Å². The van der Waals surface area contributed by atoms with E-state index in [1.54, 1.807) is 36.4 Å². The highest BCUT2D eigenvalue weighted by molar-refractivity contribution is 6.32. The maximum atomic E-state index is 13.7. The standard InChI is InChI=1S/C16H9ClFNO2/c17-12-7-3-1-5-10(12)9-14-16(20)21-15(19-14)11-6-2-4-8-13(11)18/h1-9H. The second kappa shape index (κ2) is 5.50. The van der Waals surface area contributed by atoms with E-state index in [-0.39, 0.29) is 17.2 Å². The van der Waals surface area contributed by atoms with Gasteiger partial charge in [-0.2, -0.15) is 0 Å². The number of hydrogen-bond acceptors (Lipinski definition) is 3. The first kappa shape index (κ1) is 13.5. The number of hydrogen-bond donors (Lipinski definition) is 0. The Morgan fingerprint density at radius 3 is 2.57 bits per heavy atom. The number of benzene rings is 2. The molecule has 0 atom stereocenters. The van der Waals surface area contributed by atoms with Crippen molar-refractivity contribution in [3.8, 4) is 0 Å². The van der Waals surface area contributed by atoms with Gasteiger partial charge in [-0.1, -0.05) is 41.9 Å². The first-order valence-corrected chi connectivity index (χ1v) is 6.55. The Hall–Kier alpha value is -2.46. The van der Waals surface area contributed by atoms with Crippen molar-refractivity contribution in [2.24, 2.45) is 4.99 Å². The van der Waals surface area contributed by atoms with Crippen LogP contribution in [0.5, 0.6) is 0 Å². The fourth-order valence-corrected chi connectivity index (χ4v) is 2.09. The number of aliphatic imine (C=N–C) groups is 1. The molecule has 2 aromatic carbocycles. The van der Waals surface area contributed by atoms with Crippen molar-refractivity contribution >= 4 is 29.5 Å². The van der Waals surface area contributed by atoms with E-state index >= 15 is 0 Å². The predicted octanol–water partition coefficient (Wildman–Crippen LogP) is 3.82. The summed E-state index contributed by atoms with van der Waals surface area (Å²) in [5, 5.41) is 0.493. The van der Waals surface area contributed by atoms with Crippen LogP contribution in [-0.4, -0.2) is 11.9 Å². The minimum Gasteiger partial charge on any atom is -0.402 e. The van der Waals surface area contributed by atoms with E-state index in [9.17, 15) is 9.18 Å². The Labute approximate surface area is 125 Å². The molecule has 2 aromatic rings. The molecule has 0 unspecified atom stereocenters. The van der Waals surface area contributed by atoms with Crippen LogP contribution in [-0.2, 0) is 9.53 Å². The Balaban J connectivity index is 2.00. The highest BCUT2D eigenvalue weighted by Gasteiger charge is 2.25. The van der Waals surface area contributed by atoms with Crippen LogP contribution in [0.15, 0.2) is 59.2 Å². The molecule has 0 saturated heterocycles. The van der Waals surface area contributed by atoms with Gasteiger partial charge in [-0.25, -0.2) is 14.2 Å². The molecule has 21 heavy (non-hydrogen) atoms. The SMILES string of the molecule is O=C1OC(c2ccccc2F)=NC1=Cc1ccccc1Cl. The smallest absolute Gasteiger partial charge is 0.363 e. The third-order valence-corrected chi connectivity index (χ3v) is 3.27. The zero-order valence-corrected chi connectivity index (χ0v) is 11.5. The van der Waals surface area contributed by atoms with Crippen molar-refractivity contribution in [1.29, 1.82) is 0 Å². The van der Waals surface area contributed by atoms with E-state index < -0.39 is 11.8 Å². The third kappa shape index (κ3) is 2.71. The first-order valence-electron chi connectivity index (χ1n) is 6.17. The number of rotatable bonds is 2. The topological polar surface area (TPSA) is 38.7 Å². The minimum absolute atomic E-state index is 0.0450. The second-order valence-electron chi connectivity index (χ2n) is 4.34. The molecule has 0 fully saturated rings. The number of nitrogens with zero attached hydrogens (tertiary/aromatic N) is 1. The molecule has 1 heterocycles. The van der Waals surface area contributed by atoms with Gasteiger partial charge in [0, 0.05) is 5.02 Å². The maximum Gasteiger partial charge on any atom is 0.363 e. The highest BCUT2D eigenvalue weighted by atomic mass is 35.5. The van der Waals surface area contributed by atoms with Gasteiger partial charge in [-0.3, -0.25) is 0 Å². The summed E-state index contributed by atoms with van der Waals surface area (Å²) in [4.78, 5) is 15.9. The van der Waals surface area contributed by atoms with Crippen LogP contribution in [0.25, 0.3) is 6.08 Å². The zero-order chi connectivity index (χ0) is 14.8. The molecule has 5 heteroatoms. The van der Waals surface area contributed by atoms with Crippen LogP contribution >= 0.6 is 11.6 Å². The van der Waals surface area contributed by atoms with Gasteiger partial charge in [0.2, 0.25) is 5.90 Å². The molecule has 104 valence electrons. The monoisotopic (exact) mass is 301 g/mol.